The summed E-state index contributed by atoms with van der Waals surface area (Å²) in [5, 5.41) is 1.07. The molecule has 2 aromatic rings. The average molecular weight is 313 g/mol. The highest BCUT2D eigenvalue weighted by molar-refractivity contribution is 7.98. The van der Waals surface area contributed by atoms with Crippen LogP contribution in [0.25, 0.3) is 0 Å². The smallest absolute Gasteiger partial charge is 0.257 e. The number of hydrogen-bond acceptors (Lipinski definition) is 5. The predicted molar refractivity (Wildman–Crippen MR) is 75.8 cm³/mol. The number of thioether (sulfide) groups is 1. The van der Waals surface area contributed by atoms with Gasteiger partial charge < -0.3 is 14.3 Å². The molecule has 0 atom stereocenters. The highest BCUT2D eigenvalue weighted by Gasteiger charge is 2.18. The number of fused-ring (bicyclic) bond motifs is 1. The first-order valence-corrected chi connectivity index (χ1v) is 7.57. The van der Waals surface area contributed by atoms with Gasteiger partial charge in [-0.05, 0) is 6.92 Å². The normalized spacial score (nSPS) is 13.7. The first-order valence-electron chi connectivity index (χ1n) is 6.21. The third-order valence-corrected chi connectivity index (χ3v) is 4.35. The molecule has 0 unspecified atom stereocenters. The van der Waals surface area contributed by atoms with E-state index in [1.807, 2.05) is 11.5 Å². The zero-order chi connectivity index (χ0) is 14.1. The van der Waals surface area contributed by atoms with Crippen molar-refractivity contribution in [1.29, 1.82) is 0 Å². The lowest BCUT2D eigenvalue weighted by Gasteiger charge is -2.06. The molecule has 0 saturated carbocycles. The van der Waals surface area contributed by atoms with Gasteiger partial charge in [0.25, 0.3) is 5.56 Å². The first-order chi connectivity index (χ1) is 9.69. The van der Waals surface area contributed by atoms with Crippen LogP contribution in [0.15, 0.2) is 16.3 Å². The molecule has 106 valence electrons. The molecule has 3 rings (SSSR count). The number of aryl methyl sites for hydroxylation is 1. The fourth-order valence-corrected chi connectivity index (χ4v) is 3.26. The summed E-state index contributed by atoms with van der Waals surface area (Å²) in [7, 11) is 0. The minimum absolute atomic E-state index is 0.120. The van der Waals surface area contributed by atoms with Gasteiger partial charge >= 0.3 is 0 Å². The molecular formula is C12H13ClN4O2S. The van der Waals surface area contributed by atoms with Crippen LogP contribution in [-0.4, -0.2) is 19.5 Å². The number of rotatable bonds is 4. The van der Waals surface area contributed by atoms with Crippen molar-refractivity contribution >= 4 is 23.4 Å². The van der Waals surface area contributed by atoms with E-state index in [2.05, 4.69) is 15.0 Å². The summed E-state index contributed by atoms with van der Waals surface area (Å²) in [6, 6.07) is 0. The first kappa shape index (κ1) is 13.7. The standard InChI is InChI=1S/C12H13ClN4O2S/c1-2-17-6-14-10(13)9(17)5-20-12-15-8-4-19-3-7(8)11(18)16-12/h6H,2-5H2,1H3,(H,15,16,18). The van der Waals surface area contributed by atoms with E-state index in [0.717, 1.165) is 17.9 Å². The largest absolute Gasteiger partial charge is 0.370 e. The maximum absolute atomic E-state index is 11.9. The lowest BCUT2D eigenvalue weighted by molar-refractivity contribution is 0.132. The predicted octanol–water partition coefficient (Wildman–Crippen LogP) is 1.96. The van der Waals surface area contributed by atoms with E-state index in [0.29, 0.717) is 34.8 Å². The maximum atomic E-state index is 11.9. The molecule has 0 aliphatic carbocycles. The number of aromatic nitrogens is 4. The SMILES string of the molecule is CCn1cnc(Cl)c1CSc1nc2c(c(=O)[nH]1)COC2. The number of nitrogens with one attached hydrogen (secondary N) is 1. The molecule has 2 aromatic heterocycles. The molecule has 0 bridgehead atoms. The molecule has 0 saturated heterocycles. The van der Waals surface area contributed by atoms with Crippen molar-refractivity contribution in [3.05, 3.63) is 38.8 Å². The van der Waals surface area contributed by atoms with Crippen molar-refractivity contribution in [2.24, 2.45) is 0 Å². The van der Waals surface area contributed by atoms with Gasteiger partial charge in [0.2, 0.25) is 0 Å². The molecule has 1 aliphatic rings. The Morgan fingerprint density at radius 2 is 2.40 bits per heavy atom. The highest BCUT2D eigenvalue weighted by Crippen LogP contribution is 2.24. The van der Waals surface area contributed by atoms with Crippen LogP contribution in [0.3, 0.4) is 0 Å². The van der Waals surface area contributed by atoms with E-state index in [1.165, 1.54) is 11.8 Å². The monoisotopic (exact) mass is 312 g/mol. The van der Waals surface area contributed by atoms with Crippen LogP contribution in [-0.2, 0) is 30.2 Å². The van der Waals surface area contributed by atoms with Crippen LogP contribution >= 0.6 is 23.4 Å². The Labute approximate surface area is 124 Å². The fourth-order valence-electron chi connectivity index (χ4n) is 2.04. The summed E-state index contributed by atoms with van der Waals surface area (Å²) in [4.78, 5) is 23.1. The van der Waals surface area contributed by atoms with E-state index in [-0.39, 0.29) is 5.56 Å². The van der Waals surface area contributed by atoms with Crippen LogP contribution in [0, 0.1) is 0 Å². The van der Waals surface area contributed by atoms with Gasteiger partial charge in [0.05, 0.1) is 36.5 Å². The number of halogens is 1. The lowest BCUT2D eigenvalue weighted by atomic mass is 10.3. The van der Waals surface area contributed by atoms with Crippen LogP contribution in [0.5, 0.6) is 0 Å². The third kappa shape index (κ3) is 2.48. The Balaban J connectivity index is 1.81. The molecule has 1 N–H and O–H groups in total. The van der Waals surface area contributed by atoms with Gasteiger partial charge in [-0.25, -0.2) is 9.97 Å². The second-order valence-electron chi connectivity index (χ2n) is 4.35. The molecule has 1 aliphatic heterocycles. The van der Waals surface area contributed by atoms with Crippen molar-refractivity contribution < 1.29 is 4.74 Å². The number of ether oxygens (including phenoxy) is 1. The molecule has 0 aromatic carbocycles. The van der Waals surface area contributed by atoms with Gasteiger partial charge in [0.1, 0.15) is 0 Å². The van der Waals surface area contributed by atoms with Crippen LogP contribution in [0.4, 0.5) is 0 Å². The van der Waals surface area contributed by atoms with Gasteiger partial charge in [-0.15, -0.1) is 0 Å². The number of aromatic amines is 1. The van der Waals surface area contributed by atoms with Crippen LogP contribution < -0.4 is 5.56 Å². The fraction of sp³-hybridized carbons (Fsp3) is 0.417. The molecule has 0 fully saturated rings. The van der Waals surface area contributed by atoms with Crippen molar-refractivity contribution in [2.45, 2.75) is 37.6 Å². The summed E-state index contributed by atoms with van der Waals surface area (Å²) in [6.07, 6.45) is 1.71. The Morgan fingerprint density at radius 3 is 3.20 bits per heavy atom. The third-order valence-electron chi connectivity index (χ3n) is 3.15. The summed E-state index contributed by atoms with van der Waals surface area (Å²) in [5.74, 6) is 0.606. The number of nitrogens with zero attached hydrogens (tertiary/aromatic N) is 3. The van der Waals surface area contributed by atoms with E-state index in [1.54, 1.807) is 6.33 Å². The van der Waals surface area contributed by atoms with E-state index in [4.69, 9.17) is 16.3 Å². The number of hydrogen-bond donors (Lipinski definition) is 1. The van der Waals surface area contributed by atoms with Gasteiger partial charge in [-0.1, -0.05) is 23.4 Å². The Morgan fingerprint density at radius 1 is 1.55 bits per heavy atom. The van der Waals surface area contributed by atoms with Crippen LogP contribution in [0.1, 0.15) is 23.9 Å². The molecule has 20 heavy (non-hydrogen) atoms. The molecule has 0 spiro atoms. The number of imidazole rings is 1. The second kappa shape index (κ2) is 5.59. The van der Waals surface area contributed by atoms with Gasteiger partial charge in [0, 0.05) is 12.3 Å². The number of H-pyrrole nitrogens is 1. The molecule has 8 heteroatoms. The minimum atomic E-state index is -0.120. The van der Waals surface area contributed by atoms with Crippen molar-refractivity contribution in [2.75, 3.05) is 0 Å². The van der Waals surface area contributed by atoms with Crippen molar-refractivity contribution in [3.63, 3.8) is 0 Å². The van der Waals surface area contributed by atoms with Gasteiger partial charge in [-0.2, -0.15) is 0 Å². The van der Waals surface area contributed by atoms with E-state index < -0.39 is 0 Å². The summed E-state index contributed by atoms with van der Waals surface area (Å²) < 4.78 is 7.21. The minimum Gasteiger partial charge on any atom is -0.370 e. The zero-order valence-corrected chi connectivity index (χ0v) is 12.4. The molecule has 0 amide bonds. The second-order valence-corrected chi connectivity index (χ2v) is 5.67. The van der Waals surface area contributed by atoms with Gasteiger partial charge in [0.15, 0.2) is 10.3 Å². The van der Waals surface area contributed by atoms with E-state index >= 15 is 0 Å². The quantitative estimate of drug-likeness (QED) is 0.690. The van der Waals surface area contributed by atoms with Gasteiger partial charge in [-0.3, -0.25) is 4.79 Å². The highest BCUT2D eigenvalue weighted by atomic mass is 35.5. The maximum Gasteiger partial charge on any atom is 0.257 e. The average Bonchev–Trinajstić information content (AvgIpc) is 3.03. The Hall–Kier alpha value is -1.31. The molecule has 6 nitrogen and oxygen atoms in total. The molecular weight excluding hydrogens is 300 g/mol. The summed E-state index contributed by atoms with van der Waals surface area (Å²) in [5.41, 5.74) is 2.17. The molecule has 3 heterocycles. The Bertz CT molecular complexity index is 697. The summed E-state index contributed by atoms with van der Waals surface area (Å²) >= 11 is 7.49. The van der Waals surface area contributed by atoms with Crippen molar-refractivity contribution in [3.8, 4) is 0 Å². The van der Waals surface area contributed by atoms with Crippen LogP contribution in [0.2, 0.25) is 5.15 Å². The summed E-state index contributed by atoms with van der Waals surface area (Å²) in [6.45, 7) is 3.58. The van der Waals surface area contributed by atoms with Crippen molar-refractivity contribution in [1.82, 2.24) is 19.5 Å². The molecule has 0 radical (unpaired) electrons. The lowest BCUT2D eigenvalue weighted by Crippen LogP contribution is -2.15. The Kier molecular flexibility index (Phi) is 3.82. The van der Waals surface area contributed by atoms with E-state index in [9.17, 15) is 4.79 Å². The topological polar surface area (TPSA) is 72.8 Å². The zero-order valence-electron chi connectivity index (χ0n) is 10.9.